The number of hydrogen-bond acceptors (Lipinski definition) is 4. The normalized spacial score (nSPS) is 15.7. The highest BCUT2D eigenvalue weighted by Crippen LogP contribution is 2.33. The maximum Gasteiger partial charge on any atom is 0.254 e. The summed E-state index contributed by atoms with van der Waals surface area (Å²) in [6.07, 6.45) is 1.67. The molecule has 6 heteroatoms. The minimum Gasteiger partial charge on any atom is -0.497 e. The minimum absolute atomic E-state index is 0.0194. The summed E-state index contributed by atoms with van der Waals surface area (Å²) < 4.78 is 5.24. The summed E-state index contributed by atoms with van der Waals surface area (Å²) in [6.45, 7) is 0.997. The van der Waals surface area contributed by atoms with Crippen molar-refractivity contribution in [3.63, 3.8) is 0 Å². The lowest BCUT2D eigenvalue weighted by Crippen LogP contribution is -2.38. The fourth-order valence-electron chi connectivity index (χ4n) is 3.48. The molecule has 2 aromatic carbocycles. The van der Waals surface area contributed by atoms with Crippen LogP contribution in [0.25, 0.3) is 0 Å². The van der Waals surface area contributed by atoms with Crippen LogP contribution in [0.3, 0.4) is 0 Å². The molecule has 0 radical (unpaired) electrons. The number of carbonyl (C=O) groups excluding carboxylic acids is 1. The molecule has 4 rings (SSSR count). The Morgan fingerprint density at radius 3 is 2.85 bits per heavy atom. The van der Waals surface area contributed by atoms with Crippen LogP contribution in [-0.4, -0.2) is 34.4 Å². The Bertz CT molecular complexity index is 1020. The quantitative estimate of drug-likeness (QED) is 0.780. The highest BCUT2D eigenvalue weighted by atomic mass is 16.5. The second kappa shape index (κ2) is 6.96. The van der Waals surface area contributed by atoms with Gasteiger partial charge in [0.15, 0.2) is 0 Å². The van der Waals surface area contributed by atoms with E-state index in [0.29, 0.717) is 24.2 Å². The van der Waals surface area contributed by atoms with E-state index in [1.807, 2.05) is 24.3 Å². The van der Waals surface area contributed by atoms with Gasteiger partial charge in [0.1, 0.15) is 5.75 Å². The van der Waals surface area contributed by atoms with E-state index < -0.39 is 0 Å². The average Bonchev–Trinajstić information content (AvgIpc) is 3.21. The Morgan fingerprint density at radius 1 is 1.30 bits per heavy atom. The van der Waals surface area contributed by atoms with Crippen LogP contribution in [-0.2, 0) is 6.54 Å². The van der Waals surface area contributed by atoms with Crippen molar-refractivity contribution in [2.75, 3.05) is 13.7 Å². The number of amides is 1. The zero-order valence-corrected chi connectivity index (χ0v) is 14.8. The second-order valence-electron chi connectivity index (χ2n) is 6.47. The maximum atomic E-state index is 13.0. The van der Waals surface area contributed by atoms with Gasteiger partial charge in [0, 0.05) is 18.0 Å². The van der Waals surface area contributed by atoms with Crippen molar-refractivity contribution in [3.8, 4) is 11.8 Å². The minimum atomic E-state index is -0.0918. The Balaban J connectivity index is 1.66. The van der Waals surface area contributed by atoms with Crippen LogP contribution in [0, 0.1) is 11.3 Å². The molecule has 0 fully saturated rings. The molecule has 134 valence electrons. The molecular formula is C21H18N4O2. The van der Waals surface area contributed by atoms with Gasteiger partial charge in [0.05, 0.1) is 43.0 Å². The van der Waals surface area contributed by atoms with Crippen LogP contribution >= 0.6 is 0 Å². The maximum absolute atomic E-state index is 13.0. The van der Waals surface area contributed by atoms with Crippen molar-refractivity contribution in [1.82, 2.24) is 14.9 Å². The van der Waals surface area contributed by atoms with Crippen molar-refractivity contribution < 1.29 is 9.53 Å². The molecule has 0 aliphatic carbocycles. The summed E-state index contributed by atoms with van der Waals surface area (Å²) in [4.78, 5) is 22.5. The van der Waals surface area contributed by atoms with E-state index in [1.165, 1.54) is 0 Å². The van der Waals surface area contributed by atoms with Crippen molar-refractivity contribution in [2.45, 2.75) is 12.5 Å². The number of methoxy groups -OCH3 is 1. The zero-order valence-electron chi connectivity index (χ0n) is 14.8. The van der Waals surface area contributed by atoms with Gasteiger partial charge in [-0.25, -0.2) is 4.98 Å². The van der Waals surface area contributed by atoms with E-state index in [4.69, 9.17) is 10.00 Å². The molecule has 0 saturated heterocycles. The summed E-state index contributed by atoms with van der Waals surface area (Å²) >= 11 is 0. The summed E-state index contributed by atoms with van der Waals surface area (Å²) in [5.74, 6) is 0.679. The Hall–Kier alpha value is -3.59. The Kier molecular flexibility index (Phi) is 4.35. The number of rotatable bonds is 3. The van der Waals surface area contributed by atoms with Crippen molar-refractivity contribution in [2.24, 2.45) is 0 Å². The van der Waals surface area contributed by atoms with Crippen LogP contribution in [0.1, 0.15) is 38.8 Å². The van der Waals surface area contributed by atoms with E-state index >= 15 is 0 Å². The summed E-state index contributed by atoms with van der Waals surface area (Å²) in [5, 5.41) is 9.09. The number of imidazole rings is 1. The second-order valence-corrected chi connectivity index (χ2v) is 6.47. The smallest absolute Gasteiger partial charge is 0.254 e. The van der Waals surface area contributed by atoms with E-state index in [0.717, 1.165) is 22.7 Å². The molecule has 1 aliphatic heterocycles. The molecule has 6 nitrogen and oxygen atoms in total. The lowest BCUT2D eigenvalue weighted by molar-refractivity contribution is 0.0722. The predicted molar refractivity (Wildman–Crippen MR) is 99.3 cm³/mol. The van der Waals surface area contributed by atoms with Crippen molar-refractivity contribution in [3.05, 3.63) is 82.9 Å². The molecule has 1 aromatic heterocycles. The molecule has 0 spiro atoms. The summed E-state index contributed by atoms with van der Waals surface area (Å²) in [5.41, 5.74) is 3.98. The monoisotopic (exact) mass is 358 g/mol. The van der Waals surface area contributed by atoms with Crippen molar-refractivity contribution in [1.29, 1.82) is 5.26 Å². The molecule has 0 saturated carbocycles. The average molecular weight is 358 g/mol. The number of nitriles is 1. The van der Waals surface area contributed by atoms with Crippen molar-refractivity contribution >= 4 is 5.91 Å². The molecule has 1 unspecified atom stereocenters. The number of nitrogens with zero attached hydrogens (tertiary/aromatic N) is 3. The van der Waals surface area contributed by atoms with Gasteiger partial charge in [-0.2, -0.15) is 5.26 Å². The van der Waals surface area contributed by atoms with Gasteiger partial charge < -0.3 is 14.6 Å². The number of ether oxygens (including phenoxy) is 1. The van der Waals surface area contributed by atoms with E-state index in [-0.39, 0.29) is 11.8 Å². The fourth-order valence-corrected chi connectivity index (χ4v) is 3.48. The van der Waals surface area contributed by atoms with Crippen LogP contribution in [0.15, 0.2) is 54.9 Å². The first-order valence-electron chi connectivity index (χ1n) is 8.65. The van der Waals surface area contributed by atoms with E-state index in [9.17, 15) is 4.79 Å². The van der Waals surface area contributed by atoms with Gasteiger partial charge in [-0.05, 0) is 35.9 Å². The first-order valence-corrected chi connectivity index (χ1v) is 8.65. The molecule has 2 heterocycles. The summed E-state index contributed by atoms with van der Waals surface area (Å²) in [6, 6.07) is 16.7. The van der Waals surface area contributed by atoms with Gasteiger partial charge in [0.2, 0.25) is 0 Å². The fraction of sp³-hybridized carbons (Fsp3) is 0.190. The third-order valence-electron chi connectivity index (χ3n) is 4.88. The number of carbonyl (C=O) groups is 1. The first kappa shape index (κ1) is 16.9. The highest BCUT2D eigenvalue weighted by molar-refractivity contribution is 5.94. The molecule has 0 bridgehead atoms. The third kappa shape index (κ3) is 3.15. The number of hydrogen-bond donors (Lipinski definition) is 1. The van der Waals surface area contributed by atoms with E-state index in [1.54, 1.807) is 42.6 Å². The van der Waals surface area contributed by atoms with Crippen LogP contribution < -0.4 is 4.74 Å². The molecule has 3 aromatic rings. The first-order chi connectivity index (χ1) is 13.2. The van der Waals surface area contributed by atoms with Gasteiger partial charge >= 0.3 is 0 Å². The standard InChI is InChI=1S/C21H18N4O2/c1-27-17-7-5-15(6-8-17)18-11-25(12-19-20(18)24-13-23-19)21(26)16-4-2-3-14(9-16)10-22/h2-9,13,18H,11-12H2,1H3,(H,23,24). The number of fused-ring (bicyclic) bond motifs is 1. The Labute approximate surface area is 157 Å². The zero-order chi connectivity index (χ0) is 18.8. The lowest BCUT2D eigenvalue weighted by atomic mass is 9.90. The number of aromatic nitrogens is 2. The number of benzene rings is 2. The van der Waals surface area contributed by atoms with E-state index in [2.05, 4.69) is 16.0 Å². The number of aromatic amines is 1. The van der Waals surface area contributed by atoms with Gasteiger partial charge in [0.25, 0.3) is 5.91 Å². The molecule has 1 N–H and O–H groups in total. The number of H-pyrrole nitrogens is 1. The third-order valence-corrected chi connectivity index (χ3v) is 4.88. The summed E-state index contributed by atoms with van der Waals surface area (Å²) in [7, 11) is 1.64. The SMILES string of the molecule is COc1ccc(C2CN(C(=O)c3cccc(C#N)c3)Cc3[nH]cnc32)cc1. The van der Waals surface area contributed by atoms with Gasteiger partial charge in [-0.15, -0.1) is 0 Å². The molecule has 1 atom stereocenters. The topological polar surface area (TPSA) is 82.0 Å². The predicted octanol–water partition coefficient (Wildman–Crippen LogP) is 3.08. The largest absolute Gasteiger partial charge is 0.497 e. The lowest BCUT2D eigenvalue weighted by Gasteiger charge is -2.32. The van der Waals surface area contributed by atoms with Crippen LogP contribution in [0.4, 0.5) is 0 Å². The van der Waals surface area contributed by atoms with Crippen LogP contribution in [0.2, 0.25) is 0 Å². The van der Waals surface area contributed by atoms with Crippen LogP contribution in [0.5, 0.6) is 5.75 Å². The van der Waals surface area contributed by atoms with Gasteiger partial charge in [-0.3, -0.25) is 4.79 Å². The molecule has 1 aliphatic rings. The molecule has 1 amide bonds. The molecular weight excluding hydrogens is 340 g/mol. The highest BCUT2D eigenvalue weighted by Gasteiger charge is 2.31. The molecule has 27 heavy (non-hydrogen) atoms. The Morgan fingerprint density at radius 2 is 2.11 bits per heavy atom. The van der Waals surface area contributed by atoms with Gasteiger partial charge in [-0.1, -0.05) is 18.2 Å². The number of nitrogens with one attached hydrogen (secondary N) is 1.